The van der Waals surface area contributed by atoms with Gasteiger partial charge in [0.2, 0.25) is 5.91 Å². The van der Waals surface area contributed by atoms with E-state index in [1.165, 1.54) is 18.9 Å². The Morgan fingerprint density at radius 2 is 2.03 bits per heavy atom. The first-order valence-corrected chi connectivity index (χ1v) is 12.6. The molecule has 8 heteroatoms. The van der Waals surface area contributed by atoms with Gasteiger partial charge in [0, 0.05) is 24.8 Å². The Balaban J connectivity index is 1.38. The highest BCUT2D eigenvalue weighted by Gasteiger charge is 2.28. The minimum atomic E-state index is -0.533. The molecule has 0 radical (unpaired) electrons. The fraction of sp³-hybridized carbons (Fsp3) is 0.615. The van der Waals surface area contributed by atoms with Crippen molar-refractivity contribution in [2.75, 3.05) is 25.0 Å². The zero-order valence-electron chi connectivity index (χ0n) is 20.5. The third-order valence-electron chi connectivity index (χ3n) is 7.14. The highest BCUT2D eigenvalue weighted by atomic mass is 19.1. The number of amides is 1. The van der Waals surface area contributed by atoms with Crippen LogP contribution < -0.4 is 10.6 Å². The van der Waals surface area contributed by atoms with Gasteiger partial charge in [-0.05, 0) is 82.7 Å². The lowest BCUT2D eigenvalue weighted by molar-refractivity contribution is -0.118. The van der Waals surface area contributed by atoms with Gasteiger partial charge in [-0.15, -0.1) is 0 Å². The van der Waals surface area contributed by atoms with E-state index in [9.17, 15) is 13.6 Å². The summed E-state index contributed by atoms with van der Waals surface area (Å²) >= 11 is 0. The van der Waals surface area contributed by atoms with Crippen molar-refractivity contribution in [1.82, 2.24) is 19.8 Å². The summed E-state index contributed by atoms with van der Waals surface area (Å²) in [5, 5.41) is 6.40. The van der Waals surface area contributed by atoms with E-state index in [2.05, 4.69) is 38.9 Å². The number of hydrogen-bond acceptors (Lipinski definition) is 4. The Bertz CT molecular complexity index is 999. The predicted octanol–water partition coefficient (Wildman–Crippen LogP) is 4.25. The second-order valence-corrected chi connectivity index (χ2v) is 10.4. The normalized spacial score (nSPS) is 19.7. The highest BCUT2D eigenvalue weighted by Crippen LogP contribution is 2.26. The number of likely N-dealkylation sites (tertiary alicyclic amines) is 1. The van der Waals surface area contributed by atoms with Crippen LogP contribution in [0.25, 0.3) is 0 Å². The number of benzene rings is 1. The average molecular weight is 474 g/mol. The maximum Gasteiger partial charge on any atom is 0.242 e. The van der Waals surface area contributed by atoms with E-state index >= 15 is 0 Å². The van der Waals surface area contributed by atoms with Crippen LogP contribution in [-0.2, 0) is 23.2 Å². The SMILES string of the molecule is CCC[C@H](NC1CCc2cc(F)cc(F)c2C1)C(=O)Nc1cn(C(C)(C)CN2CCCC2)cn1. The molecule has 1 saturated heterocycles. The largest absolute Gasteiger partial charge is 0.328 e. The summed E-state index contributed by atoms with van der Waals surface area (Å²) in [6.45, 7) is 9.63. The second-order valence-electron chi connectivity index (χ2n) is 10.4. The van der Waals surface area contributed by atoms with E-state index in [1.807, 2.05) is 13.1 Å². The minimum absolute atomic E-state index is 0.0355. The summed E-state index contributed by atoms with van der Waals surface area (Å²) in [5.41, 5.74) is 1.16. The van der Waals surface area contributed by atoms with E-state index in [-0.39, 0.29) is 17.5 Å². The molecule has 1 unspecified atom stereocenters. The maximum atomic E-state index is 14.3. The van der Waals surface area contributed by atoms with Crippen LogP contribution in [-0.4, -0.2) is 52.1 Å². The molecule has 34 heavy (non-hydrogen) atoms. The molecule has 2 heterocycles. The first-order valence-electron chi connectivity index (χ1n) is 12.6. The summed E-state index contributed by atoms with van der Waals surface area (Å²) in [6.07, 6.45) is 9.49. The van der Waals surface area contributed by atoms with Crippen molar-refractivity contribution in [3.63, 3.8) is 0 Å². The number of carbonyl (C=O) groups is 1. The van der Waals surface area contributed by atoms with Crippen LogP contribution in [0.15, 0.2) is 24.7 Å². The van der Waals surface area contributed by atoms with Gasteiger partial charge in [0.15, 0.2) is 5.82 Å². The van der Waals surface area contributed by atoms with Crippen LogP contribution in [0.4, 0.5) is 14.6 Å². The molecule has 2 aromatic rings. The van der Waals surface area contributed by atoms with E-state index in [0.29, 0.717) is 30.6 Å². The molecular weight excluding hydrogens is 436 g/mol. The summed E-state index contributed by atoms with van der Waals surface area (Å²) in [7, 11) is 0. The first kappa shape index (κ1) is 24.8. The Morgan fingerprint density at radius 3 is 2.76 bits per heavy atom. The molecule has 1 aromatic carbocycles. The molecule has 0 bridgehead atoms. The molecular formula is C26H37F2N5O. The molecule has 1 aliphatic heterocycles. The van der Waals surface area contributed by atoms with E-state index in [0.717, 1.165) is 44.1 Å². The lowest BCUT2D eigenvalue weighted by atomic mass is 9.87. The van der Waals surface area contributed by atoms with Gasteiger partial charge in [0.25, 0.3) is 0 Å². The predicted molar refractivity (Wildman–Crippen MR) is 130 cm³/mol. The number of aromatic nitrogens is 2. The molecule has 0 saturated carbocycles. The van der Waals surface area contributed by atoms with Crippen molar-refractivity contribution in [2.24, 2.45) is 0 Å². The third-order valence-corrected chi connectivity index (χ3v) is 7.14. The zero-order chi connectivity index (χ0) is 24.3. The zero-order valence-corrected chi connectivity index (χ0v) is 20.5. The maximum absolute atomic E-state index is 14.3. The lowest BCUT2D eigenvalue weighted by Gasteiger charge is -2.31. The smallest absolute Gasteiger partial charge is 0.242 e. The molecule has 1 fully saturated rings. The van der Waals surface area contributed by atoms with Crippen molar-refractivity contribution >= 4 is 11.7 Å². The quantitative estimate of drug-likeness (QED) is 0.572. The van der Waals surface area contributed by atoms with Crippen LogP contribution in [0, 0.1) is 11.6 Å². The number of rotatable bonds is 9. The molecule has 1 aliphatic carbocycles. The molecule has 2 N–H and O–H groups in total. The van der Waals surface area contributed by atoms with Gasteiger partial charge < -0.3 is 20.1 Å². The van der Waals surface area contributed by atoms with Crippen LogP contribution in [0.3, 0.4) is 0 Å². The van der Waals surface area contributed by atoms with Crippen LogP contribution in [0.5, 0.6) is 0 Å². The summed E-state index contributed by atoms with van der Waals surface area (Å²) < 4.78 is 29.9. The number of nitrogens with zero attached hydrogens (tertiary/aromatic N) is 3. The number of halogens is 2. The van der Waals surface area contributed by atoms with Gasteiger partial charge in [-0.2, -0.15) is 0 Å². The summed E-state index contributed by atoms with van der Waals surface area (Å²) in [5.74, 6) is -0.623. The Morgan fingerprint density at radius 1 is 1.26 bits per heavy atom. The highest BCUT2D eigenvalue weighted by molar-refractivity contribution is 5.94. The number of imidazole rings is 1. The fourth-order valence-electron chi connectivity index (χ4n) is 5.29. The number of nitrogens with one attached hydrogen (secondary N) is 2. The first-order chi connectivity index (χ1) is 16.2. The topological polar surface area (TPSA) is 62.2 Å². The van der Waals surface area contributed by atoms with E-state index in [1.54, 1.807) is 6.33 Å². The van der Waals surface area contributed by atoms with Crippen molar-refractivity contribution in [3.8, 4) is 0 Å². The Kier molecular flexibility index (Phi) is 7.67. The standard InChI is InChI=1S/C26H37F2N5O/c1-4-7-23(30-20-9-8-18-12-19(27)13-22(28)21(18)14-20)25(34)31-24-15-33(17-29-24)26(2,3)16-32-10-5-6-11-32/h12-13,15,17,20,23,30H,4-11,14,16H2,1-3H3,(H,31,34)/t20?,23-/m0/s1. The van der Waals surface area contributed by atoms with Gasteiger partial charge in [0.1, 0.15) is 11.6 Å². The van der Waals surface area contributed by atoms with Gasteiger partial charge in [-0.3, -0.25) is 4.79 Å². The molecule has 4 rings (SSSR count). The van der Waals surface area contributed by atoms with Gasteiger partial charge in [-0.1, -0.05) is 13.3 Å². The summed E-state index contributed by atoms with van der Waals surface area (Å²) in [6, 6.07) is 1.93. The van der Waals surface area contributed by atoms with Crippen LogP contribution in [0.2, 0.25) is 0 Å². The Hall–Kier alpha value is -2.32. The average Bonchev–Trinajstić information content (AvgIpc) is 3.46. The van der Waals surface area contributed by atoms with Crippen molar-refractivity contribution in [1.29, 1.82) is 0 Å². The monoisotopic (exact) mass is 473 g/mol. The van der Waals surface area contributed by atoms with Crippen LogP contribution in [0.1, 0.15) is 64.0 Å². The van der Waals surface area contributed by atoms with Gasteiger partial charge in [-0.25, -0.2) is 13.8 Å². The van der Waals surface area contributed by atoms with Crippen molar-refractivity contribution < 1.29 is 13.6 Å². The fourth-order valence-corrected chi connectivity index (χ4v) is 5.29. The Labute approximate surface area is 201 Å². The molecule has 2 aliphatic rings. The minimum Gasteiger partial charge on any atom is -0.328 e. The van der Waals surface area contributed by atoms with Crippen molar-refractivity contribution in [2.45, 2.75) is 83.3 Å². The van der Waals surface area contributed by atoms with Gasteiger partial charge >= 0.3 is 0 Å². The molecule has 1 aromatic heterocycles. The van der Waals surface area contributed by atoms with E-state index < -0.39 is 17.7 Å². The molecule has 0 spiro atoms. The molecule has 2 atom stereocenters. The number of hydrogen-bond donors (Lipinski definition) is 2. The number of anilines is 1. The van der Waals surface area contributed by atoms with Crippen molar-refractivity contribution in [3.05, 3.63) is 47.4 Å². The number of aryl methyl sites for hydroxylation is 1. The van der Waals surface area contributed by atoms with Gasteiger partial charge in [0.05, 0.1) is 17.9 Å². The molecule has 186 valence electrons. The number of fused-ring (bicyclic) bond motifs is 1. The molecule has 6 nitrogen and oxygen atoms in total. The van der Waals surface area contributed by atoms with E-state index in [4.69, 9.17) is 0 Å². The number of carbonyl (C=O) groups excluding carboxylic acids is 1. The van der Waals surface area contributed by atoms with Crippen LogP contribution >= 0.6 is 0 Å². The lowest BCUT2D eigenvalue weighted by Crippen LogP contribution is -2.48. The second kappa shape index (κ2) is 10.5. The molecule has 1 amide bonds. The summed E-state index contributed by atoms with van der Waals surface area (Å²) in [4.78, 5) is 20.0. The third kappa shape index (κ3) is 5.84.